The maximum atomic E-state index is 13.9. The van der Waals surface area contributed by atoms with E-state index in [2.05, 4.69) is 30.6 Å². The van der Waals surface area contributed by atoms with Gasteiger partial charge in [0.2, 0.25) is 17.7 Å². The smallest absolute Gasteiger partial charge is 0.423 e. The molecule has 1 unspecified atom stereocenters. The summed E-state index contributed by atoms with van der Waals surface area (Å²) >= 11 is 0. The number of nitrogens with one attached hydrogen (secondary N) is 1. The van der Waals surface area contributed by atoms with Crippen molar-refractivity contribution in [1.82, 2.24) is 29.9 Å². The summed E-state index contributed by atoms with van der Waals surface area (Å²) in [5, 5.41) is 14.4. The maximum absolute atomic E-state index is 13.9. The fourth-order valence-electron chi connectivity index (χ4n) is 4.44. The number of ether oxygens (including phenoxy) is 2. The second-order valence-electron chi connectivity index (χ2n) is 10.2. The molecule has 18 heteroatoms. The molecular formula is C27H26F6N8O4. The van der Waals surface area contributed by atoms with E-state index < -0.39 is 40.8 Å². The van der Waals surface area contributed by atoms with Crippen molar-refractivity contribution in [3.05, 3.63) is 81.7 Å². The molecule has 4 aromatic rings. The first-order valence-electron chi connectivity index (χ1n) is 13.4. The molecule has 1 aliphatic heterocycles. The van der Waals surface area contributed by atoms with Crippen molar-refractivity contribution in [3.8, 4) is 5.75 Å². The van der Waals surface area contributed by atoms with E-state index in [0.717, 1.165) is 10.9 Å². The van der Waals surface area contributed by atoms with E-state index in [1.807, 2.05) is 0 Å². The molecule has 0 amide bonds. The number of nitrogens with zero attached hydrogens (tertiary/aromatic N) is 7. The minimum atomic E-state index is -4.94. The summed E-state index contributed by atoms with van der Waals surface area (Å²) in [6.07, 6.45) is -7.09. The number of hydrogen-bond donors (Lipinski definition) is 1. The zero-order valence-corrected chi connectivity index (χ0v) is 23.8. The minimum absolute atomic E-state index is 0.0770. The molecule has 0 bridgehead atoms. The van der Waals surface area contributed by atoms with Gasteiger partial charge in [-0.3, -0.25) is 4.79 Å². The SMILES string of the molecule is COc1ccc(Cn2ncc(NC(C)COCc3nnc(C4CN(c5ncc(C(F)(F)F)cn5)C4)o3)c(C(F)(F)F)c2=O)cc1. The van der Waals surface area contributed by atoms with E-state index in [4.69, 9.17) is 13.9 Å². The third kappa shape index (κ3) is 7.50. The number of hydrogen-bond acceptors (Lipinski definition) is 11. The normalized spacial score (nSPS) is 14.7. The van der Waals surface area contributed by atoms with Crippen LogP contribution in [0.4, 0.5) is 38.0 Å². The topological polar surface area (TPSA) is 133 Å². The van der Waals surface area contributed by atoms with Crippen molar-refractivity contribution in [2.45, 2.75) is 44.4 Å². The molecule has 3 aromatic heterocycles. The highest BCUT2D eigenvalue weighted by atomic mass is 19.4. The lowest BCUT2D eigenvalue weighted by atomic mass is 10.0. The highest BCUT2D eigenvalue weighted by Gasteiger charge is 2.39. The zero-order valence-electron chi connectivity index (χ0n) is 23.8. The van der Waals surface area contributed by atoms with Crippen LogP contribution in [0.15, 0.2) is 52.1 Å². The lowest BCUT2D eigenvalue weighted by Crippen LogP contribution is -2.46. The predicted molar refractivity (Wildman–Crippen MR) is 145 cm³/mol. The lowest BCUT2D eigenvalue weighted by Gasteiger charge is -2.37. The summed E-state index contributed by atoms with van der Waals surface area (Å²) in [6.45, 7) is 1.89. The lowest BCUT2D eigenvalue weighted by molar-refractivity contribution is -0.139. The quantitative estimate of drug-likeness (QED) is 0.237. The fraction of sp³-hybridized carbons (Fsp3) is 0.407. The molecule has 0 saturated carbocycles. The Morgan fingerprint density at radius 3 is 2.33 bits per heavy atom. The summed E-state index contributed by atoms with van der Waals surface area (Å²) in [5.41, 5.74) is -3.54. The summed E-state index contributed by atoms with van der Waals surface area (Å²) in [6, 6.07) is 5.83. The number of anilines is 2. The Labute approximate surface area is 251 Å². The van der Waals surface area contributed by atoms with Gasteiger partial charge in [0, 0.05) is 31.5 Å². The predicted octanol–water partition coefficient (Wildman–Crippen LogP) is 4.13. The first-order valence-corrected chi connectivity index (χ1v) is 13.4. The Kier molecular flexibility index (Phi) is 8.94. The van der Waals surface area contributed by atoms with Gasteiger partial charge in [-0.2, -0.15) is 31.4 Å². The average molecular weight is 641 g/mol. The molecule has 1 fully saturated rings. The van der Waals surface area contributed by atoms with Crippen LogP contribution < -0.4 is 20.5 Å². The van der Waals surface area contributed by atoms with E-state index in [-0.39, 0.29) is 37.5 Å². The van der Waals surface area contributed by atoms with E-state index >= 15 is 0 Å². The molecule has 5 rings (SSSR count). The van der Waals surface area contributed by atoms with E-state index in [1.165, 1.54) is 7.11 Å². The van der Waals surface area contributed by atoms with Gasteiger partial charge in [-0.1, -0.05) is 12.1 Å². The number of halogens is 6. The summed E-state index contributed by atoms with van der Waals surface area (Å²) in [5.74, 6) is 0.921. The second-order valence-corrected chi connectivity index (χ2v) is 10.2. The Morgan fingerprint density at radius 1 is 1.02 bits per heavy atom. The van der Waals surface area contributed by atoms with Crippen LogP contribution in [0.1, 0.15) is 41.3 Å². The molecule has 12 nitrogen and oxygen atoms in total. The van der Waals surface area contributed by atoms with E-state index in [9.17, 15) is 31.1 Å². The summed E-state index contributed by atoms with van der Waals surface area (Å²) in [4.78, 5) is 21.9. The molecule has 0 spiro atoms. The van der Waals surface area contributed by atoms with Gasteiger partial charge in [0.15, 0.2) is 0 Å². The van der Waals surface area contributed by atoms with Crippen molar-refractivity contribution in [3.63, 3.8) is 0 Å². The van der Waals surface area contributed by atoms with Crippen molar-refractivity contribution in [1.29, 1.82) is 0 Å². The highest BCUT2D eigenvalue weighted by Crippen LogP contribution is 2.33. The first kappa shape index (κ1) is 31.7. The van der Waals surface area contributed by atoms with E-state index in [0.29, 0.717) is 42.7 Å². The molecule has 4 heterocycles. The molecule has 45 heavy (non-hydrogen) atoms. The van der Waals surface area contributed by atoms with Crippen LogP contribution in [-0.2, 0) is 30.2 Å². The van der Waals surface area contributed by atoms with Gasteiger partial charge in [-0.25, -0.2) is 14.6 Å². The Bertz CT molecular complexity index is 1650. The molecule has 1 saturated heterocycles. The molecule has 0 radical (unpaired) electrons. The van der Waals surface area contributed by atoms with Gasteiger partial charge in [0.1, 0.15) is 17.9 Å². The third-order valence-electron chi connectivity index (χ3n) is 6.78. The van der Waals surface area contributed by atoms with Crippen molar-refractivity contribution >= 4 is 11.6 Å². The number of methoxy groups -OCH3 is 1. The molecule has 1 N–H and O–H groups in total. The first-order chi connectivity index (χ1) is 21.3. The van der Waals surface area contributed by atoms with Crippen LogP contribution in [0.2, 0.25) is 0 Å². The highest BCUT2D eigenvalue weighted by molar-refractivity contribution is 5.50. The zero-order chi connectivity index (χ0) is 32.4. The van der Waals surface area contributed by atoms with Crippen LogP contribution in [-0.4, -0.2) is 62.8 Å². The summed E-state index contributed by atoms with van der Waals surface area (Å²) < 4.78 is 96.8. The standard InChI is InChI=1S/C27H26F6N8O4/c1-15(37-20-9-36-41(24(42)22(20)27(31,32)33)10-16-3-5-19(43-2)6-4-16)13-44-14-21-38-39-23(45-21)17-11-40(12-17)25-34-7-18(8-35-25)26(28,29)30/h3-9,15,17,37H,10-14H2,1-2H3. The van der Waals surface area contributed by atoms with E-state index in [1.54, 1.807) is 36.1 Å². The van der Waals surface area contributed by atoms with Crippen LogP contribution in [0, 0.1) is 0 Å². The molecule has 1 aliphatic rings. The number of rotatable bonds is 11. The Balaban J connectivity index is 1.13. The molecular weight excluding hydrogens is 614 g/mol. The molecule has 240 valence electrons. The second kappa shape index (κ2) is 12.7. The maximum Gasteiger partial charge on any atom is 0.423 e. The van der Waals surface area contributed by atoms with Gasteiger partial charge in [0.25, 0.3) is 5.56 Å². The minimum Gasteiger partial charge on any atom is -0.497 e. The largest absolute Gasteiger partial charge is 0.497 e. The Morgan fingerprint density at radius 2 is 1.71 bits per heavy atom. The van der Waals surface area contributed by atoms with Gasteiger partial charge < -0.3 is 24.1 Å². The monoisotopic (exact) mass is 640 g/mol. The van der Waals surface area contributed by atoms with Crippen LogP contribution in [0.25, 0.3) is 0 Å². The van der Waals surface area contributed by atoms with Gasteiger partial charge in [-0.05, 0) is 24.6 Å². The van der Waals surface area contributed by atoms with Gasteiger partial charge in [-0.15, -0.1) is 10.2 Å². The van der Waals surface area contributed by atoms with Gasteiger partial charge in [0.05, 0.1) is 43.6 Å². The number of benzene rings is 1. The third-order valence-corrected chi connectivity index (χ3v) is 6.78. The van der Waals surface area contributed by atoms with Crippen LogP contribution in [0.5, 0.6) is 5.75 Å². The van der Waals surface area contributed by atoms with Crippen molar-refractivity contribution < 1.29 is 40.2 Å². The molecule has 1 atom stereocenters. The Hall–Kier alpha value is -4.74. The molecule has 1 aromatic carbocycles. The van der Waals surface area contributed by atoms with Crippen LogP contribution >= 0.6 is 0 Å². The number of aromatic nitrogens is 6. The average Bonchev–Trinajstić information content (AvgIpc) is 3.41. The number of alkyl halides is 6. The fourth-order valence-corrected chi connectivity index (χ4v) is 4.44. The van der Waals surface area contributed by atoms with Gasteiger partial charge >= 0.3 is 12.4 Å². The van der Waals surface area contributed by atoms with Crippen molar-refractivity contribution in [2.24, 2.45) is 0 Å². The molecule has 0 aliphatic carbocycles. The summed E-state index contributed by atoms with van der Waals surface area (Å²) in [7, 11) is 1.48. The van der Waals surface area contributed by atoms with Crippen molar-refractivity contribution in [2.75, 3.05) is 37.0 Å². The van der Waals surface area contributed by atoms with Crippen LogP contribution in [0.3, 0.4) is 0 Å².